The van der Waals surface area contributed by atoms with E-state index in [1.54, 1.807) is 12.1 Å². The van der Waals surface area contributed by atoms with Gasteiger partial charge in [-0.05, 0) is 30.7 Å². The summed E-state index contributed by atoms with van der Waals surface area (Å²) in [6, 6.07) is 6.08. The van der Waals surface area contributed by atoms with Gasteiger partial charge in [-0.25, -0.2) is 13.6 Å². The van der Waals surface area contributed by atoms with Crippen molar-refractivity contribution in [2.45, 2.75) is 24.3 Å². The molecule has 1 rings (SSSR count). The second-order valence-corrected chi connectivity index (χ2v) is 5.06. The Morgan fingerprint density at radius 2 is 1.94 bits per heavy atom. The topological polar surface area (TPSA) is 92.4 Å². The normalized spacial score (nSPS) is 13.4. The summed E-state index contributed by atoms with van der Waals surface area (Å²) in [7, 11) is -3.64. The molecule has 0 amide bonds. The summed E-state index contributed by atoms with van der Waals surface area (Å²) in [5.41, 5.74) is 0.758. The zero-order valence-electron chi connectivity index (χ0n) is 9.05. The lowest BCUT2D eigenvalue weighted by atomic mass is 10.2. The van der Waals surface area contributed by atoms with Crippen molar-refractivity contribution in [1.82, 2.24) is 0 Å². The van der Waals surface area contributed by atoms with Crippen molar-refractivity contribution in [2.24, 2.45) is 5.14 Å². The third kappa shape index (κ3) is 3.48. The molecule has 16 heavy (non-hydrogen) atoms. The molecule has 1 aromatic carbocycles. The van der Waals surface area contributed by atoms with Gasteiger partial charge in [0.15, 0.2) is 0 Å². The van der Waals surface area contributed by atoms with Crippen molar-refractivity contribution in [3.05, 3.63) is 24.3 Å². The van der Waals surface area contributed by atoms with Crippen LogP contribution in [0.25, 0.3) is 0 Å². The fourth-order valence-corrected chi connectivity index (χ4v) is 1.77. The first kappa shape index (κ1) is 13.0. The minimum absolute atomic E-state index is 0.0275. The number of aliphatic hydroxyl groups is 1. The maximum Gasteiger partial charge on any atom is 0.238 e. The molecule has 0 heterocycles. The highest BCUT2D eigenvalue weighted by Crippen LogP contribution is 2.14. The number of aliphatic hydroxyl groups excluding tert-OH is 1. The molecule has 4 N–H and O–H groups in total. The van der Waals surface area contributed by atoms with Crippen LogP contribution < -0.4 is 10.5 Å². The van der Waals surface area contributed by atoms with E-state index in [9.17, 15) is 8.42 Å². The van der Waals surface area contributed by atoms with Crippen LogP contribution in [0.2, 0.25) is 0 Å². The third-order valence-electron chi connectivity index (χ3n) is 2.27. The molecule has 0 saturated heterocycles. The Labute approximate surface area is 95.3 Å². The van der Waals surface area contributed by atoms with Crippen molar-refractivity contribution in [2.75, 3.05) is 11.9 Å². The highest BCUT2D eigenvalue weighted by molar-refractivity contribution is 7.89. The first-order chi connectivity index (χ1) is 7.47. The van der Waals surface area contributed by atoms with Crippen LogP contribution in [0.3, 0.4) is 0 Å². The fraction of sp³-hybridized carbons (Fsp3) is 0.400. The van der Waals surface area contributed by atoms with Gasteiger partial charge in [0.2, 0.25) is 10.0 Å². The van der Waals surface area contributed by atoms with Crippen molar-refractivity contribution in [3.63, 3.8) is 0 Å². The minimum Gasteiger partial charge on any atom is -0.394 e. The lowest BCUT2D eigenvalue weighted by Crippen LogP contribution is -2.22. The van der Waals surface area contributed by atoms with Crippen LogP contribution in [0.5, 0.6) is 0 Å². The van der Waals surface area contributed by atoms with E-state index in [0.29, 0.717) is 0 Å². The number of anilines is 1. The molecule has 6 heteroatoms. The Morgan fingerprint density at radius 3 is 2.31 bits per heavy atom. The molecule has 0 aliphatic carbocycles. The first-order valence-electron chi connectivity index (χ1n) is 4.97. The average molecular weight is 244 g/mol. The number of rotatable bonds is 5. The van der Waals surface area contributed by atoms with Crippen LogP contribution in [0.4, 0.5) is 5.69 Å². The fourth-order valence-electron chi connectivity index (χ4n) is 1.25. The molecule has 0 bridgehead atoms. The summed E-state index contributed by atoms with van der Waals surface area (Å²) in [5, 5.41) is 17.0. The minimum atomic E-state index is -3.64. The van der Waals surface area contributed by atoms with E-state index in [1.165, 1.54) is 12.1 Å². The smallest absolute Gasteiger partial charge is 0.238 e. The van der Waals surface area contributed by atoms with Gasteiger partial charge in [-0.1, -0.05) is 6.92 Å². The van der Waals surface area contributed by atoms with Gasteiger partial charge in [0.05, 0.1) is 11.5 Å². The molecule has 0 saturated carbocycles. The van der Waals surface area contributed by atoms with Crippen LogP contribution in [0.1, 0.15) is 13.3 Å². The lowest BCUT2D eigenvalue weighted by Gasteiger charge is -2.15. The van der Waals surface area contributed by atoms with Crippen LogP contribution >= 0.6 is 0 Å². The van der Waals surface area contributed by atoms with Crippen molar-refractivity contribution in [3.8, 4) is 0 Å². The predicted octanol–water partition coefficient (Wildman–Crippen LogP) is 0.517. The average Bonchev–Trinajstić information content (AvgIpc) is 2.25. The molecule has 0 aliphatic rings. The van der Waals surface area contributed by atoms with E-state index >= 15 is 0 Å². The van der Waals surface area contributed by atoms with Crippen molar-refractivity contribution in [1.29, 1.82) is 0 Å². The van der Waals surface area contributed by atoms with Gasteiger partial charge in [-0.3, -0.25) is 0 Å². The Hall–Kier alpha value is -1.11. The lowest BCUT2D eigenvalue weighted by molar-refractivity contribution is 0.272. The van der Waals surface area contributed by atoms with Crippen molar-refractivity contribution < 1.29 is 13.5 Å². The molecular weight excluding hydrogens is 228 g/mol. The quantitative estimate of drug-likeness (QED) is 0.704. The molecule has 1 atom stereocenters. The first-order valence-corrected chi connectivity index (χ1v) is 6.52. The van der Waals surface area contributed by atoms with E-state index < -0.39 is 10.0 Å². The Balaban J connectivity index is 2.80. The molecule has 1 aromatic rings. The van der Waals surface area contributed by atoms with Gasteiger partial charge >= 0.3 is 0 Å². The largest absolute Gasteiger partial charge is 0.394 e. The summed E-state index contributed by atoms with van der Waals surface area (Å²) in [5.74, 6) is 0. The van der Waals surface area contributed by atoms with Crippen LogP contribution in [-0.2, 0) is 10.0 Å². The monoisotopic (exact) mass is 244 g/mol. The molecule has 0 aliphatic heterocycles. The second kappa shape index (κ2) is 5.29. The Bertz CT molecular complexity index is 424. The van der Waals surface area contributed by atoms with Crippen LogP contribution in [0.15, 0.2) is 29.2 Å². The number of hydrogen-bond donors (Lipinski definition) is 3. The third-order valence-corrected chi connectivity index (χ3v) is 3.20. The number of hydrogen-bond acceptors (Lipinski definition) is 4. The summed E-state index contributed by atoms with van der Waals surface area (Å²) in [6.45, 7) is 1.99. The Morgan fingerprint density at radius 1 is 1.38 bits per heavy atom. The molecular formula is C10H16N2O3S. The van der Waals surface area contributed by atoms with Gasteiger partial charge < -0.3 is 10.4 Å². The second-order valence-electron chi connectivity index (χ2n) is 3.50. The summed E-state index contributed by atoms with van der Waals surface area (Å²) >= 11 is 0. The number of nitrogens with two attached hydrogens (primary N) is 1. The molecule has 1 unspecified atom stereocenters. The molecule has 0 spiro atoms. The van der Waals surface area contributed by atoms with E-state index in [2.05, 4.69) is 5.32 Å². The molecule has 5 nitrogen and oxygen atoms in total. The number of primary sulfonamides is 1. The zero-order valence-corrected chi connectivity index (χ0v) is 9.87. The van der Waals surface area contributed by atoms with Crippen molar-refractivity contribution >= 4 is 15.7 Å². The van der Waals surface area contributed by atoms with E-state index in [1.807, 2.05) is 6.92 Å². The Kier molecular flexibility index (Phi) is 4.28. The summed E-state index contributed by atoms with van der Waals surface area (Å²) in [6.07, 6.45) is 0.785. The standard InChI is InChI=1S/C10H16N2O3S/c1-2-8(7-13)12-9-3-5-10(6-4-9)16(11,14)15/h3-6,8,12-13H,2,7H2,1H3,(H2,11,14,15). The van der Waals surface area contributed by atoms with Gasteiger partial charge in [0, 0.05) is 11.7 Å². The highest BCUT2D eigenvalue weighted by Gasteiger charge is 2.08. The van der Waals surface area contributed by atoms with E-state index in [-0.39, 0.29) is 17.5 Å². The summed E-state index contributed by atoms with van der Waals surface area (Å²) in [4.78, 5) is 0.0788. The van der Waals surface area contributed by atoms with Gasteiger partial charge in [0.25, 0.3) is 0 Å². The van der Waals surface area contributed by atoms with Gasteiger partial charge in [0.1, 0.15) is 0 Å². The van der Waals surface area contributed by atoms with Crippen LogP contribution in [0, 0.1) is 0 Å². The highest BCUT2D eigenvalue weighted by atomic mass is 32.2. The van der Waals surface area contributed by atoms with Crippen LogP contribution in [-0.4, -0.2) is 26.2 Å². The molecule has 0 radical (unpaired) electrons. The SMILES string of the molecule is CCC(CO)Nc1ccc(S(N)(=O)=O)cc1. The van der Waals surface area contributed by atoms with Gasteiger partial charge in [-0.2, -0.15) is 0 Å². The zero-order chi connectivity index (χ0) is 12.2. The predicted molar refractivity (Wildman–Crippen MR) is 62.6 cm³/mol. The number of nitrogens with one attached hydrogen (secondary N) is 1. The molecule has 0 fully saturated rings. The summed E-state index contributed by atoms with van der Waals surface area (Å²) < 4.78 is 22.0. The molecule has 90 valence electrons. The number of benzene rings is 1. The van der Waals surface area contributed by atoms with Gasteiger partial charge in [-0.15, -0.1) is 0 Å². The molecule has 0 aromatic heterocycles. The van der Waals surface area contributed by atoms with E-state index in [4.69, 9.17) is 10.2 Å². The maximum absolute atomic E-state index is 11.0. The maximum atomic E-state index is 11.0. The number of sulfonamides is 1. The van der Waals surface area contributed by atoms with E-state index in [0.717, 1.165) is 12.1 Å².